The summed E-state index contributed by atoms with van der Waals surface area (Å²) in [5, 5.41) is 0. The quantitative estimate of drug-likeness (QED) is 0.566. The molecule has 1 aromatic rings. The molecule has 0 radical (unpaired) electrons. The van der Waals surface area contributed by atoms with Gasteiger partial charge in [-0.3, -0.25) is 0 Å². The van der Waals surface area contributed by atoms with Crippen LogP contribution in [0, 0.1) is 6.92 Å². The average molecular weight is 193 g/mol. The molecule has 0 aliphatic heterocycles. The van der Waals surface area contributed by atoms with Crippen LogP contribution in [0.5, 0.6) is 0 Å². The molecule has 1 rings (SSSR count). The summed E-state index contributed by atoms with van der Waals surface area (Å²) < 4.78 is 0. The van der Waals surface area contributed by atoms with Crippen LogP contribution in [-0.4, -0.2) is 0 Å². The standard InChI is InChI=1S/C7H9N.C6H14/c1-6-3-2-4-7(8)5-6;1-3-5-6-4-2/h2-5H,8H2,1H3;3-6H2,1-2H3. The number of nitrogens with two attached hydrogens (primary N) is 1. The van der Waals surface area contributed by atoms with Crippen LogP contribution >= 0.6 is 0 Å². The molecule has 0 saturated carbocycles. The van der Waals surface area contributed by atoms with Crippen LogP contribution in [-0.2, 0) is 0 Å². The van der Waals surface area contributed by atoms with Gasteiger partial charge in [-0.2, -0.15) is 0 Å². The molecule has 1 aromatic carbocycles. The number of rotatable bonds is 3. The normalized spacial score (nSPS) is 9.07. The van der Waals surface area contributed by atoms with Crippen LogP contribution in [0.4, 0.5) is 5.69 Å². The first kappa shape index (κ1) is 13.0. The molecule has 1 nitrogen and oxygen atoms in total. The highest BCUT2D eigenvalue weighted by Crippen LogP contribution is 2.03. The Bertz CT molecular complexity index is 209. The summed E-state index contributed by atoms with van der Waals surface area (Å²) in [4.78, 5) is 0. The van der Waals surface area contributed by atoms with Crippen molar-refractivity contribution in [2.75, 3.05) is 5.73 Å². The lowest BCUT2D eigenvalue weighted by molar-refractivity contribution is 0.702. The Balaban J connectivity index is 0.000000255. The van der Waals surface area contributed by atoms with Gasteiger partial charge in [0.2, 0.25) is 0 Å². The summed E-state index contributed by atoms with van der Waals surface area (Å²) in [6, 6.07) is 7.80. The van der Waals surface area contributed by atoms with Crippen molar-refractivity contribution < 1.29 is 0 Å². The fraction of sp³-hybridized carbons (Fsp3) is 0.538. The van der Waals surface area contributed by atoms with E-state index in [0.29, 0.717) is 0 Å². The van der Waals surface area contributed by atoms with Crippen LogP contribution in [0.1, 0.15) is 45.1 Å². The molecule has 0 atom stereocenters. The Labute approximate surface area is 88.3 Å². The lowest BCUT2D eigenvalue weighted by Crippen LogP contribution is -1.82. The van der Waals surface area contributed by atoms with Crippen molar-refractivity contribution in [1.29, 1.82) is 0 Å². The number of unbranched alkanes of at least 4 members (excludes halogenated alkanes) is 3. The Morgan fingerprint density at radius 1 is 1.07 bits per heavy atom. The van der Waals surface area contributed by atoms with Gasteiger partial charge in [0.15, 0.2) is 0 Å². The zero-order valence-electron chi connectivity index (χ0n) is 9.72. The molecule has 0 fully saturated rings. The van der Waals surface area contributed by atoms with E-state index < -0.39 is 0 Å². The first-order chi connectivity index (χ1) is 6.70. The number of hydrogen-bond donors (Lipinski definition) is 1. The third kappa shape index (κ3) is 7.66. The summed E-state index contributed by atoms with van der Waals surface area (Å²) in [5.41, 5.74) is 7.51. The molecule has 14 heavy (non-hydrogen) atoms. The molecule has 0 unspecified atom stereocenters. The predicted molar refractivity (Wildman–Crippen MR) is 65.4 cm³/mol. The molecule has 0 saturated heterocycles. The molecule has 0 heterocycles. The maximum atomic E-state index is 5.46. The molecule has 0 spiro atoms. The van der Waals surface area contributed by atoms with Crippen molar-refractivity contribution in [3.63, 3.8) is 0 Å². The topological polar surface area (TPSA) is 26.0 Å². The van der Waals surface area contributed by atoms with Gasteiger partial charge in [-0.25, -0.2) is 0 Å². The van der Waals surface area contributed by atoms with Crippen molar-refractivity contribution in [1.82, 2.24) is 0 Å². The number of hydrogen-bond acceptors (Lipinski definition) is 1. The van der Waals surface area contributed by atoms with E-state index in [-0.39, 0.29) is 0 Å². The lowest BCUT2D eigenvalue weighted by Gasteiger charge is -1.91. The zero-order chi connectivity index (χ0) is 10.8. The van der Waals surface area contributed by atoms with Gasteiger partial charge in [0.1, 0.15) is 0 Å². The minimum absolute atomic E-state index is 0.838. The van der Waals surface area contributed by atoms with Crippen LogP contribution in [0.2, 0.25) is 0 Å². The fourth-order valence-corrected chi connectivity index (χ4v) is 1.17. The third-order valence-electron chi connectivity index (χ3n) is 2.00. The van der Waals surface area contributed by atoms with Crippen molar-refractivity contribution in [2.45, 2.75) is 46.5 Å². The molecule has 0 bridgehead atoms. The second-order valence-corrected chi connectivity index (χ2v) is 3.62. The van der Waals surface area contributed by atoms with E-state index >= 15 is 0 Å². The highest BCUT2D eigenvalue weighted by molar-refractivity contribution is 5.39. The number of benzene rings is 1. The Kier molecular flexibility index (Phi) is 8.01. The molecule has 80 valence electrons. The Morgan fingerprint density at radius 3 is 1.93 bits per heavy atom. The molecule has 0 aromatic heterocycles. The first-order valence-corrected chi connectivity index (χ1v) is 5.52. The minimum Gasteiger partial charge on any atom is -0.399 e. The van der Waals surface area contributed by atoms with Crippen molar-refractivity contribution in [2.24, 2.45) is 0 Å². The monoisotopic (exact) mass is 193 g/mol. The van der Waals surface area contributed by atoms with Crippen molar-refractivity contribution in [3.05, 3.63) is 29.8 Å². The largest absolute Gasteiger partial charge is 0.399 e. The van der Waals surface area contributed by atoms with E-state index in [9.17, 15) is 0 Å². The average Bonchev–Trinajstić information content (AvgIpc) is 2.15. The number of aryl methyl sites for hydroxylation is 1. The van der Waals surface area contributed by atoms with E-state index in [1.54, 1.807) is 0 Å². The van der Waals surface area contributed by atoms with E-state index in [4.69, 9.17) is 5.73 Å². The minimum atomic E-state index is 0.838. The second kappa shape index (κ2) is 8.61. The number of nitrogen functional groups attached to an aromatic ring is 1. The summed E-state index contributed by atoms with van der Waals surface area (Å²) in [7, 11) is 0. The van der Waals surface area contributed by atoms with Crippen LogP contribution < -0.4 is 5.73 Å². The van der Waals surface area contributed by atoms with E-state index in [1.807, 2.05) is 31.2 Å². The lowest BCUT2D eigenvalue weighted by atomic mass is 10.2. The van der Waals surface area contributed by atoms with E-state index in [0.717, 1.165) is 5.69 Å². The summed E-state index contributed by atoms with van der Waals surface area (Å²) in [6.07, 6.45) is 5.54. The van der Waals surface area contributed by atoms with Gasteiger partial charge in [0, 0.05) is 5.69 Å². The SMILES string of the molecule is CCCCCC.Cc1cccc(N)c1. The smallest absolute Gasteiger partial charge is 0.0316 e. The maximum Gasteiger partial charge on any atom is 0.0316 e. The zero-order valence-corrected chi connectivity index (χ0v) is 9.72. The Hall–Kier alpha value is -0.980. The highest BCUT2D eigenvalue weighted by atomic mass is 14.5. The van der Waals surface area contributed by atoms with Crippen LogP contribution in [0.25, 0.3) is 0 Å². The van der Waals surface area contributed by atoms with Gasteiger partial charge in [0.25, 0.3) is 0 Å². The third-order valence-corrected chi connectivity index (χ3v) is 2.00. The van der Waals surface area contributed by atoms with Crippen LogP contribution in [0.3, 0.4) is 0 Å². The summed E-state index contributed by atoms with van der Waals surface area (Å²) in [5.74, 6) is 0. The van der Waals surface area contributed by atoms with Gasteiger partial charge in [-0.15, -0.1) is 0 Å². The molecule has 1 heteroatoms. The fourth-order valence-electron chi connectivity index (χ4n) is 1.17. The van der Waals surface area contributed by atoms with Gasteiger partial charge in [-0.1, -0.05) is 51.7 Å². The molecular formula is C13H23N. The van der Waals surface area contributed by atoms with E-state index in [1.165, 1.54) is 31.2 Å². The predicted octanol–water partition coefficient (Wildman–Crippen LogP) is 4.16. The van der Waals surface area contributed by atoms with Crippen molar-refractivity contribution in [3.8, 4) is 0 Å². The van der Waals surface area contributed by atoms with Gasteiger partial charge in [0.05, 0.1) is 0 Å². The summed E-state index contributed by atoms with van der Waals surface area (Å²) in [6.45, 7) is 6.49. The molecule has 0 aliphatic carbocycles. The molecule has 0 aliphatic rings. The van der Waals surface area contributed by atoms with Crippen LogP contribution in [0.15, 0.2) is 24.3 Å². The molecular weight excluding hydrogens is 170 g/mol. The van der Waals surface area contributed by atoms with Gasteiger partial charge in [-0.05, 0) is 24.6 Å². The second-order valence-electron chi connectivity index (χ2n) is 3.62. The highest BCUT2D eigenvalue weighted by Gasteiger charge is 1.81. The number of anilines is 1. The Morgan fingerprint density at radius 2 is 1.64 bits per heavy atom. The molecule has 0 amide bonds. The summed E-state index contributed by atoms with van der Waals surface area (Å²) >= 11 is 0. The van der Waals surface area contributed by atoms with Crippen molar-refractivity contribution >= 4 is 5.69 Å². The molecule has 2 N–H and O–H groups in total. The first-order valence-electron chi connectivity index (χ1n) is 5.52. The van der Waals surface area contributed by atoms with Gasteiger partial charge < -0.3 is 5.73 Å². The maximum absolute atomic E-state index is 5.46. The van der Waals surface area contributed by atoms with Gasteiger partial charge >= 0.3 is 0 Å². The van der Waals surface area contributed by atoms with E-state index in [2.05, 4.69) is 13.8 Å².